The maximum absolute atomic E-state index is 10.9. The molecule has 1 rings (SSSR count). The number of hydrogen-bond donors (Lipinski definition) is 1. The van der Waals surface area contributed by atoms with E-state index in [9.17, 15) is 14.9 Å². The maximum atomic E-state index is 10.9. The SMILES string of the molecule is CCc1c(CC(=O)O)ccc(C#N)c1[N+](=O)[O-]. The molecule has 0 aliphatic carbocycles. The lowest BCUT2D eigenvalue weighted by molar-refractivity contribution is -0.385. The molecule has 6 heteroatoms. The zero-order valence-electron chi connectivity index (χ0n) is 9.14. The molecule has 0 unspecified atom stereocenters. The fourth-order valence-electron chi connectivity index (χ4n) is 1.70. The topological polar surface area (TPSA) is 104 Å². The zero-order valence-corrected chi connectivity index (χ0v) is 9.14. The van der Waals surface area contributed by atoms with Gasteiger partial charge in [-0.1, -0.05) is 13.0 Å². The zero-order chi connectivity index (χ0) is 13.0. The molecular weight excluding hydrogens is 224 g/mol. The molecule has 0 atom stereocenters. The van der Waals surface area contributed by atoms with Crippen LogP contribution in [0.2, 0.25) is 0 Å². The van der Waals surface area contributed by atoms with Crippen LogP contribution in [0.3, 0.4) is 0 Å². The van der Waals surface area contributed by atoms with Crippen molar-refractivity contribution in [2.24, 2.45) is 0 Å². The number of carboxylic acids is 1. The summed E-state index contributed by atoms with van der Waals surface area (Å²) in [6.45, 7) is 1.69. The van der Waals surface area contributed by atoms with Gasteiger partial charge in [-0.25, -0.2) is 0 Å². The standard InChI is InChI=1S/C11H10N2O4/c1-2-9-7(5-10(14)15)3-4-8(6-12)11(9)13(16)17/h3-4H,2,5H2,1H3,(H,14,15). The van der Waals surface area contributed by atoms with Crippen molar-refractivity contribution in [1.82, 2.24) is 0 Å². The van der Waals surface area contributed by atoms with E-state index in [1.54, 1.807) is 13.0 Å². The van der Waals surface area contributed by atoms with Gasteiger partial charge in [-0.05, 0) is 18.1 Å². The largest absolute Gasteiger partial charge is 0.481 e. The summed E-state index contributed by atoms with van der Waals surface area (Å²) in [6, 6.07) is 4.49. The summed E-state index contributed by atoms with van der Waals surface area (Å²) >= 11 is 0. The Balaban J connectivity index is 3.47. The van der Waals surface area contributed by atoms with Crippen LogP contribution in [-0.2, 0) is 17.6 Å². The second kappa shape index (κ2) is 5.07. The molecule has 0 amide bonds. The Morgan fingerprint density at radius 3 is 2.65 bits per heavy atom. The minimum atomic E-state index is -1.06. The molecule has 0 fully saturated rings. The van der Waals surface area contributed by atoms with Gasteiger partial charge in [-0.15, -0.1) is 0 Å². The van der Waals surface area contributed by atoms with Crippen molar-refractivity contribution in [3.63, 3.8) is 0 Å². The lowest BCUT2D eigenvalue weighted by Crippen LogP contribution is -2.07. The minimum absolute atomic E-state index is 0.0408. The van der Waals surface area contributed by atoms with E-state index in [0.29, 0.717) is 17.5 Å². The lowest BCUT2D eigenvalue weighted by atomic mass is 9.97. The molecule has 0 radical (unpaired) electrons. The Bertz CT molecular complexity index is 517. The number of hydrogen-bond acceptors (Lipinski definition) is 4. The van der Waals surface area contributed by atoms with Crippen LogP contribution in [0.15, 0.2) is 12.1 Å². The highest BCUT2D eigenvalue weighted by molar-refractivity contribution is 5.72. The summed E-state index contributed by atoms with van der Waals surface area (Å²) in [5.74, 6) is -1.06. The van der Waals surface area contributed by atoms with Crippen LogP contribution in [0.5, 0.6) is 0 Å². The first-order chi connectivity index (χ1) is 8.01. The summed E-state index contributed by atoms with van der Waals surface area (Å²) in [5.41, 5.74) is 0.372. The molecule has 1 N–H and O–H groups in total. The molecule has 0 saturated carbocycles. The number of nitro groups is 1. The number of nitrogens with zero attached hydrogens (tertiary/aromatic N) is 2. The average molecular weight is 234 g/mol. The molecule has 6 nitrogen and oxygen atoms in total. The van der Waals surface area contributed by atoms with Crippen molar-refractivity contribution in [1.29, 1.82) is 5.26 Å². The van der Waals surface area contributed by atoms with Gasteiger partial charge in [-0.3, -0.25) is 14.9 Å². The van der Waals surface area contributed by atoms with Crippen LogP contribution >= 0.6 is 0 Å². The van der Waals surface area contributed by atoms with Gasteiger partial charge < -0.3 is 5.11 Å². The highest BCUT2D eigenvalue weighted by Crippen LogP contribution is 2.27. The normalized spacial score (nSPS) is 9.65. The quantitative estimate of drug-likeness (QED) is 0.630. The Hall–Kier alpha value is -2.42. The van der Waals surface area contributed by atoms with E-state index in [1.165, 1.54) is 12.1 Å². The fourth-order valence-corrected chi connectivity index (χ4v) is 1.70. The van der Waals surface area contributed by atoms with Crippen molar-refractivity contribution < 1.29 is 14.8 Å². The van der Waals surface area contributed by atoms with Crippen LogP contribution < -0.4 is 0 Å². The monoisotopic (exact) mass is 234 g/mol. The summed E-state index contributed by atoms with van der Waals surface area (Å²) in [6.07, 6.45) is 0.0319. The van der Waals surface area contributed by atoms with Gasteiger partial charge in [-0.2, -0.15) is 5.26 Å². The van der Waals surface area contributed by atoms with Gasteiger partial charge in [0.05, 0.1) is 11.3 Å². The van der Waals surface area contributed by atoms with E-state index in [2.05, 4.69) is 0 Å². The second-order valence-electron chi connectivity index (χ2n) is 3.39. The molecule has 0 aliphatic heterocycles. The Kier molecular flexibility index (Phi) is 3.78. The number of rotatable bonds is 4. The van der Waals surface area contributed by atoms with Crippen LogP contribution in [0.4, 0.5) is 5.69 Å². The summed E-state index contributed by atoms with van der Waals surface area (Å²) < 4.78 is 0. The molecule has 0 heterocycles. The first kappa shape index (κ1) is 12.6. The summed E-state index contributed by atoms with van der Waals surface area (Å²) in [4.78, 5) is 20.9. The average Bonchev–Trinajstić information content (AvgIpc) is 2.27. The number of benzene rings is 1. The molecule has 0 spiro atoms. The minimum Gasteiger partial charge on any atom is -0.481 e. The third kappa shape index (κ3) is 2.58. The number of carboxylic acid groups (broad SMARTS) is 1. The van der Waals surface area contributed by atoms with E-state index in [4.69, 9.17) is 10.4 Å². The Morgan fingerprint density at radius 1 is 1.59 bits per heavy atom. The number of nitriles is 1. The van der Waals surface area contributed by atoms with Gasteiger partial charge in [0.25, 0.3) is 5.69 Å². The van der Waals surface area contributed by atoms with Crippen molar-refractivity contribution >= 4 is 11.7 Å². The number of nitro benzene ring substituents is 1. The van der Waals surface area contributed by atoms with E-state index in [1.807, 2.05) is 0 Å². The molecule has 88 valence electrons. The van der Waals surface area contributed by atoms with Crippen LogP contribution in [0, 0.1) is 21.4 Å². The predicted octanol–water partition coefficient (Wildman–Crippen LogP) is 1.66. The fraction of sp³-hybridized carbons (Fsp3) is 0.273. The molecule has 0 saturated heterocycles. The molecule has 1 aromatic carbocycles. The van der Waals surface area contributed by atoms with Gasteiger partial charge in [0.2, 0.25) is 0 Å². The van der Waals surface area contributed by atoms with Crippen molar-refractivity contribution in [2.75, 3.05) is 0 Å². The van der Waals surface area contributed by atoms with Crippen molar-refractivity contribution in [3.05, 3.63) is 38.9 Å². The molecule has 0 bridgehead atoms. The smallest absolute Gasteiger partial charge is 0.307 e. The van der Waals surface area contributed by atoms with Crippen molar-refractivity contribution in [2.45, 2.75) is 19.8 Å². The lowest BCUT2D eigenvalue weighted by Gasteiger charge is -2.07. The van der Waals surface area contributed by atoms with Crippen LogP contribution in [0.1, 0.15) is 23.6 Å². The summed E-state index contributed by atoms with van der Waals surface area (Å²) in [5, 5.41) is 28.4. The first-order valence-corrected chi connectivity index (χ1v) is 4.92. The highest BCUT2D eigenvalue weighted by Gasteiger charge is 2.22. The van der Waals surface area contributed by atoms with Crippen LogP contribution in [0.25, 0.3) is 0 Å². The van der Waals surface area contributed by atoms with Crippen LogP contribution in [-0.4, -0.2) is 16.0 Å². The number of carbonyl (C=O) groups is 1. The summed E-state index contributed by atoms with van der Waals surface area (Å²) in [7, 11) is 0. The Labute approximate surface area is 97.3 Å². The third-order valence-electron chi connectivity index (χ3n) is 2.38. The van der Waals surface area contributed by atoms with Gasteiger partial charge in [0, 0.05) is 5.56 Å². The van der Waals surface area contributed by atoms with Gasteiger partial charge in [0.15, 0.2) is 0 Å². The van der Waals surface area contributed by atoms with E-state index in [0.717, 1.165) is 0 Å². The first-order valence-electron chi connectivity index (χ1n) is 4.92. The van der Waals surface area contributed by atoms with E-state index >= 15 is 0 Å². The van der Waals surface area contributed by atoms with E-state index in [-0.39, 0.29) is 17.7 Å². The molecule has 1 aromatic rings. The molecular formula is C11H10N2O4. The van der Waals surface area contributed by atoms with Gasteiger partial charge >= 0.3 is 5.97 Å². The van der Waals surface area contributed by atoms with Gasteiger partial charge in [0.1, 0.15) is 11.6 Å². The van der Waals surface area contributed by atoms with Crippen molar-refractivity contribution in [3.8, 4) is 6.07 Å². The maximum Gasteiger partial charge on any atom is 0.307 e. The Morgan fingerprint density at radius 2 is 2.24 bits per heavy atom. The molecule has 0 aromatic heterocycles. The predicted molar refractivity (Wildman–Crippen MR) is 58.5 cm³/mol. The molecule has 0 aliphatic rings. The molecule has 17 heavy (non-hydrogen) atoms. The second-order valence-corrected chi connectivity index (χ2v) is 3.39. The number of aliphatic carboxylic acids is 1. The van der Waals surface area contributed by atoms with E-state index < -0.39 is 10.9 Å². The highest BCUT2D eigenvalue weighted by atomic mass is 16.6. The third-order valence-corrected chi connectivity index (χ3v) is 2.38.